The van der Waals surface area contributed by atoms with Gasteiger partial charge in [-0.25, -0.2) is 0 Å². The summed E-state index contributed by atoms with van der Waals surface area (Å²) in [6.45, 7) is 2.80. The molecule has 0 unspecified atom stereocenters. The summed E-state index contributed by atoms with van der Waals surface area (Å²) in [6.07, 6.45) is 3.16. The maximum atomic E-state index is 12.2. The van der Waals surface area contributed by atoms with E-state index in [0.717, 1.165) is 5.56 Å². The quantitative estimate of drug-likeness (QED) is 0.843. The van der Waals surface area contributed by atoms with Crippen molar-refractivity contribution in [1.82, 2.24) is 10.3 Å². The highest BCUT2D eigenvalue weighted by Gasteiger charge is 2.10. The molecule has 2 aromatic rings. The minimum Gasteiger partial charge on any atom is -0.348 e. The molecule has 0 fully saturated rings. The van der Waals surface area contributed by atoms with E-state index in [4.69, 9.17) is 5.73 Å². The van der Waals surface area contributed by atoms with Crippen LogP contribution < -0.4 is 11.1 Å². The predicted octanol–water partition coefficient (Wildman–Crippen LogP) is 1.69. The van der Waals surface area contributed by atoms with Crippen molar-refractivity contribution in [2.24, 2.45) is 5.73 Å². The van der Waals surface area contributed by atoms with Crippen LogP contribution in [-0.2, 0) is 6.54 Å². The van der Waals surface area contributed by atoms with Gasteiger partial charge in [-0.3, -0.25) is 9.78 Å². The van der Waals surface area contributed by atoms with Gasteiger partial charge in [-0.15, -0.1) is 0 Å². The van der Waals surface area contributed by atoms with Crippen LogP contribution in [0.3, 0.4) is 0 Å². The second-order valence-electron chi connectivity index (χ2n) is 4.19. The van der Waals surface area contributed by atoms with Gasteiger partial charge in [-0.2, -0.15) is 11.3 Å². The maximum Gasteiger partial charge on any atom is 0.252 e. The van der Waals surface area contributed by atoms with Gasteiger partial charge in [0.05, 0.1) is 17.7 Å². The fourth-order valence-electron chi connectivity index (χ4n) is 1.68. The largest absolute Gasteiger partial charge is 0.348 e. The first-order valence-electron chi connectivity index (χ1n) is 6.15. The highest BCUT2D eigenvalue weighted by Crippen LogP contribution is 2.13. The molecule has 0 aliphatic carbocycles. The first kappa shape index (κ1) is 14.3. The lowest BCUT2D eigenvalue weighted by molar-refractivity contribution is 0.0950. The van der Waals surface area contributed by atoms with Crippen LogP contribution in [-0.4, -0.2) is 17.4 Å². The number of hydrogen-bond donors (Lipinski definition) is 2. The number of aryl methyl sites for hydroxylation is 1. The van der Waals surface area contributed by atoms with Crippen LogP contribution in [0, 0.1) is 18.8 Å². The lowest BCUT2D eigenvalue weighted by Gasteiger charge is -2.06. The smallest absolute Gasteiger partial charge is 0.252 e. The van der Waals surface area contributed by atoms with Crippen LogP contribution in [0.1, 0.15) is 27.0 Å². The van der Waals surface area contributed by atoms with Crippen LogP contribution in [0.15, 0.2) is 29.2 Å². The van der Waals surface area contributed by atoms with Crippen molar-refractivity contribution in [3.05, 3.63) is 51.5 Å². The summed E-state index contributed by atoms with van der Waals surface area (Å²) in [5.74, 6) is 5.45. The zero-order chi connectivity index (χ0) is 14.4. The lowest BCUT2D eigenvalue weighted by atomic mass is 10.1. The van der Waals surface area contributed by atoms with Crippen molar-refractivity contribution in [3.63, 3.8) is 0 Å². The summed E-state index contributed by atoms with van der Waals surface area (Å²) in [5, 5.41) is 7.00. The summed E-state index contributed by atoms with van der Waals surface area (Å²) in [5.41, 5.74) is 8.79. The molecular formula is C15H15N3OS. The number of carbonyl (C=O) groups is 1. The number of thiophene rings is 1. The standard InChI is InChI=1S/C15H15N3OS/c1-11-9-20-10-13(11)8-18-15(19)14-4-6-17-7-12(14)3-2-5-16/h4,6-7,9-10H,5,8,16H2,1H3,(H,18,19). The number of pyridine rings is 1. The van der Waals surface area contributed by atoms with Crippen molar-refractivity contribution in [3.8, 4) is 11.8 Å². The monoisotopic (exact) mass is 285 g/mol. The summed E-state index contributed by atoms with van der Waals surface area (Å²) in [6, 6.07) is 1.66. The molecule has 0 aliphatic rings. The zero-order valence-electron chi connectivity index (χ0n) is 11.1. The Hall–Kier alpha value is -2.16. The van der Waals surface area contributed by atoms with E-state index in [1.165, 1.54) is 5.56 Å². The van der Waals surface area contributed by atoms with Crippen molar-refractivity contribution in [2.45, 2.75) is 13.5 Å². The van der Waals surface area contributed by atoms with Gasteiger partial charge in [-0.05, 0) is 34.9 Å². The molecule has 0 radical (unpaired) electrons. The minimum absolute atomic E-state index is 0.153. The van der Waals surface area contributed by atoms with Gasteiger partial charge in [-0.1, -0.05) is 11.8 Å². The molecule has 3 N–H and O–H groups in total. The van der Waals surface area contributed by atoms with Crippen LogP contribution in [0.5, 0.6) is 0 Å². The number of nitrogens with zero attached hydrogens (tertiary/aromatic N) is 1. The number of carbonyl (C=O) groups excluding carboxylic acids is 1. The highest BCUT2D eigenvalue weighted by molar-refractivity contribution is 7.08. The molecule has 0 atom stereocenters. The SMILES string of the molecule is Cc1cscc1CNC(=O)c1ccncc1C#CCN. The van der Waals surface area contributed by atoms with E-state index in [1.54, 1.807) is 29.8 Å². The van der Waals surface area contributed by atoms with Crippen LogP contribution >= 0.6 is 11.3 Å². The Bertz CT molecular complexity index is 667. The van der Waals surface area contributed by atoms with Gasteiger partial charge in [0.25, 0.3) is 5.91 Å². The van der Waals surface area contributed by atoms with E-state index in [-0.39, 0.29) is 12.5 Å². The molecule has 5 heteroatoms. The first-order chi connectivity index (χ1) is 9.72. The molecule has 2 heterocycles. The fourth-order valence-corrected chi connectivity index (χ4v) is 2.53. The third kappa shape index (κ3) is 3.44. The Morgan fingerprint density at radius 3 is 3.05 bits per heavy atom. The third-order valence-electron chi connectivity index (χ3n) is 2.79. The Kier molecular flexibility index (Phi) is 4.88. The number of rotatable bonds is 3. The maximum absolute atomic E-state index is 12.2. The van der Waals surface area contributed by atoms with E-state index in [9.17, 15) is 4.79 Å². The number of nitrogens with one attached hydrogen (secondary N) is 1. The van der Waals surface area contributed by atoms with Crippen LogP contribution in [0.25, 0.3) is 0 Å². The minimum atomic E-state index is -0.153. The Balaban J connectivity index is 2.11. The molecule has 102 valence electrons. The molecule has 0 saturated carbocycles. The van der Waals surface area contributed by atoms with E-state index < -0.39 is 0 Å². The molecule has 2 aromatic heterocycles. The summed E-state index contributed by atoms with van der Waals surface area (Å²) in [4.78, 5) is 16.2. The normalized spacial score (nSPS) is 9.70. The Labute approximate surface area is 122 Å². The molecule has 0 spiro atoms. The van der Waals surface area contributed by atoms with E-state index >= 15 is 0 Å². The summed E-state index contributed by atoms with van der Waals surface area (Å²) >= 11 is 1.63. The second-order valence-corrected chi connectivity index (χ2v) is 4.93. The van der Waals surface area contributed by atoms with E-state index in [2.05, 4.69) is 27.5 Å². The topological polar surface area (TPSA) is 68.0 Å². The van der Waals surface area contributed by atoms with Crippen molar-refractivity contribution < 1.29 is 4.79 Å². The number of amides is 1. The molecule has 20 heavy (non-hydrogen) atoms. The molecular weight excluding hydrogens is 270 g/mol. The molecule has 0 bridgehead atoms. The average molecular weight is 285 g/mol. The Morgan fingerprint density at radius 2 is 2.35 bits per heavy atom. The van der Waals surface area contributed by atoms with E-state index in [1.807, 2.05) is 12.3 Å². The summed E-state index contributed by atoms with van der Waals surface area (Å²) < 4.78 is 0. The summed E-state index contributed by atoms with van der Waals surface area (Å²) in [7, 11) is 0. The van der Waals surface area contributed by atoms with Gasteiger partial charge >= 0.3 is 0 Å². The number of aromatic nitrogens is 1. The molecule has 0 aromatic carbocycles. The fraction of sp³-hybridized carbons (Fsp3) is 0.200. The van der Waals surface area contributed by atoms with E-state index in [0.29, 0.717) is 17.7 Å². The van der Waals surface area contributed by atoms with Crippen molar-refractivity contribution >= 4 is 17.2 Å². The molecule has 2 rings (SSSR count). The van der Waals surface area contributed by atoms with Gasteiger partial charge in [0.2, 0.25) is 0 Å². The van der Waals surface area contributed by atoms with Gasteiger partial charge < -0.3 is 11.1 Å². The number of nitrogens with two attached hydrogens (primary N) is 1. The lowest BCUT2D eigenvalue weighted by Crippen LogP contribution is -2.23. The molecule has 0 saturated heterocycles. The van der Waals surface area contributed by atoms with Gasteiger partial charge in [0, 0.05) is 18.9 Å². The van der Waals surface area contributed by atoms with Crippen LogP contribution in [0.2, 0.25) is 0 Å². The third-order valence-corrected chi connectivity index (χ3v) is 3.70. The molecule has 0 aliphatic heterocycles. The van der Waals surface area contributed by atoms with Crippen LogP contribution in [0.4, 0.5) is 0 Å². The highest BCUT2D eigenvalue weighted by atomic mass is 32.1. The average Bonchev–Trinajstić information content (AvgIpc) is 2.88. The van der Waals surface area contributed by atoms with Gasteiger partial charge in [0.1, 0.15) is 0 Å². The first-order valence-corrected chi connectivity index (χ1v) is 7.09. The van der Waals surface area contributed by atoms with Crippen molar-refractivity contribution in [1.29, 1.82) is 0 Å². The number of hydrogen-bond acceptors (Lipinski definition) is 4. The molecule has 4 nitrogen and oxygen atoms in total. The second kappa shape index (κ2) is 6.85. The molecule has 1 amide bonds. The predicted molar refractivity (Wildman–Crippen MR) is 80.4 cm³/mol. The Morgan fingerprint density at radius 1 is 1.50 bits per heavy atom. The van der Waals surface area contributed by atoms with Crippen molar-refractivity contribution in [2.75, 3.05) is 6.54 Å². The van der Waals surface area contributed by atoms with Gasteiger partial charge in [0.15, 0.2) is 0 Å². The zero-order valence-corrected chi connectivity index (χ0v) is 12.0.